The van der Waals surface area contributed by atoms with Crippen molar-refractivity contribution >= 4 is 50.2 Å². The van der Waals surface area contributed by atoms with Crippen molar-refractivity contribution in [3.8, 4) is 0 Å². The minimum absolute atomic E-state index is 0.0566. The predicted molar refractivity (Wildman–Crippen MR) is 110 cm³/mol. The highest BCUT2D eigenvalue weighted by Gasteiger charge is 2.26. The fourth-order valence-electron chi connectivity index (χ4n) is 2.58. The minimum Gasteiger partial charge on any atom is -0.321 e. The van der Waals surface area contributed by atoms with Gasteiger partial charge < -0.3 is 5.32 Å². The quantitative estimate of drug-likeness (QED) is 0.618. The molecule has 0 aliphatic heterocycles. The average Bonchev–Trinajstić information content (AvgIpc) is 3.19. The van der Waals surface area contributed by atoms with Crippen molar-refractivity contribution in [1.82, 2.24) is 0 Å². The van der Waals surface area contributed by atoms with Crippen LogP contribution in [0.3, 0.4) is 0 Å². The standard InChI is InChI=1S/C19H17ClN2O3S2/c1-2-22(15-7-4-3-5-8-15)27(24,25)18-13-14(10-11-16(18)20)21-19(23)17-9-6-12-26-17/h3-13H,2H2,1H3,(H,21,23). The van der Waals surface area contributed by atoms with Crippen molar-refractivity contribution < 1.29 is 13.2 Å². The van der Waals surface area contributed by atoms with Gasteiger partial charge >= 0.3 is 0 Å². The molecule has 8 heteroatoms. The molecule has 0 atom stereocenters. The van der Waals surface area contributed by atoms with E-state index in [0.29, 0.717) is 16.3 Å². The molecule has 0 spiro atoms. The molecule has 0 bridgehead atoms. The van der Waals surface area contributed by atoms with E-state index in [2.05, 4.69) is 5.32 Å². The summed E-state index contributed by atoms with van der Waals surface area (Å²) < 4.78 is 27.6. The van der Waals surface area contributed by atoms with E-state index in [-0.39, 0.29) is 22.4 Å². The Kier molecular flexibility index (Phi) is 5.84. The summed E-state index contributed by atoms with van der Waals surface area (Å²) in [7, 11) is -3.89. The zero-order chi connectivity index (χ0) is 19.4. The Morgan fingerprint density at radius 3 is 2.48 bits per heavy atom. The van der Waals surface area contributed by atoms with Crippen molar-refractivity contribution in [2.24, 2.45) is 0 Å². The molecule has 2 aromatic carbocycles. The number of rotatable bonds is 6. The van der Waals surface area contributed by atoms with E-state index in [1.54, 1.807) is 54.8 Å². The van der Waals surface area contributed by atoms with Gasteiger partial charge in [0.15, 0.2) is 0 Å². The molecule has 1 N–H and O–H groups in total. The third-order valence-corrected chi connectivity index (χ3v) is 7.09. The maximum atomic E-state index is 13.2. The number of para-hydroxylation sites is 1. The van der Waals surface area contributed by atoms with E-state index in [1.165, 1.54) is 27.8 Å². The van der Waals surface area contributed by atoms with Gasteiger partial charge in [-0.3, -0.25) is 9.10 Å². The van der Waals surface area contributed by atoms with Gasteiger partial charge in [-0.2, -0.15) is 0 Å². The lowest BCUT2D eigenvalue weighted by Gasteiger charge is -2.23. The molecular weight excluding hydrogens is 404 g/mol. The summed E-state index contributed by atoms with van der Waals surface area (Å²) in [5, 5.41) is 4.60. The van der Waals surface area contributed by atoms with E-state index in [1.807, 2.05) is 6.07 Å². The molecule has 0 radical (unpaired) electrons. The second-order valence-electron chi connectivity index (χ2n) is 5.58. The Bertz CT molecular complexity index is 1040. The third kappa shape index (κ3) is 4.16. The highest BCUT2D eigenvalue weighted by Crippen LogP contribution is 2.30. The number of benzene rings is 2. The fourth-order valence-corrected chi connectivity index (χ4v) is 5.18. The van der Waals surface area contributed by atoms with Crippen LogP contribution in [0.2, 0.25) is 5.02 Å². The van der Waals surface area contributed by atoms with Crippen LogP contribution in [0.1, 0.15) is 16.6 Å². The number of hydrogen-bond acceptors (Lipinski definition) is 4. The minimum atomic E-state index is -3.89. The smallest absolute Gasteiger partial charge is 0.265 e. The number of nitrogens with zero attached hydrogens (tertiary/aromatic N) is 1. The monoisotopic (exact) mass is 420 g/mol. The first-order valence-electron chi connectivity index (χ1n) is 8.15. The Hall–Kier alpha value is -2.35. The van der Waals surface area contributed by atoms with Gasteiger partial charge in [-0.1, -0.05) is 35.9 Å². The number of carbonyl (C=O) groups excluding carboxylic acids is 1. The van der Waals surface area contributed by atoms with Crippen LogP contribution >= 0.6 is 22.9 Å². The Labute approximate surface area is 167 Å². The second-order valence-corrected chi connectivity index (χ2v) is 8.77. The summed E-state index contributed by atoms with van der Waals surface area (Å²) >= 11 is 7.49. The van der Waals surface area contributed by atoms with Gasteiger partial charge in [0, 0.05) is 12.2 Å². The van der Waals surface area contributed by atoms with E-state index < -0.39 is 10.0 Å². The average molecular weight is 421 g/mol. The van der Waals surface area contributed by atoms with Gasteiger partial charge in [-0.25, -0.2) is 8.42 Å². The number of hydrogen-bond donors (Lipinski definition) is 1. The maximum Gasteiger partial charge on any atom is 0.265 e. The van der Waals surface area contributed by atoms with Crippen molar-refractivity contribution in [3.63, 3.8) is 0 Å². The highest BCUT2D eigenvalue weighted by molar-refractivity contribution is 7.93. The molecule has 1 aromatic heterocycles. The number of halogens is 1. The number of amides is 1. The molecule has 1 amide bonds. The van der Waals surface area contributed by atoms with Crippen LogP contribution in [-0.4, -0.2) is 20.9 Å². The zero-order valence-electron chi connectivity index (χ0n) is 14.4. The summed E-state index contributed by atoms with van der Waals surface area (Å²) in [4.78, 5) is 12.7. The zero-order valence-corrected chi connectivity index (χ0v) is 16.8. The molecule has 1 heterocycles. The number of thiophene rings is 1. The molecule has 0 aliphatic carbocycles. The van der Waals surface area contributed by atoms with Crippen LogP contribution in [-0.2, 0) is 10.0 Å². The lowest BCUT2D eigenvalue weighted by molar-refractivity contribution is 0.103. The van der Waals surface area contributed by atoms with Gasteiger partial charge in [-0.05, 0) is 48.7 Å². The normalized spacial score (nSPS) is 11.2. The van der Waals surface area contributed by atoms with Crippen molar-refractivity contribution in [3.05, 3.63) is 75.9 Å². The maximum absolute atomic E-state index is 13.2. The van der Waals surface area contributed by atoms with Crippen molar-refractivity contribution in [2.75, 3.05) is 16.2 Å². The van der Waals surface area contributed by atoms with Crippen LogP contribution in [0.25, 0.3) is 0 Å². The summed E-state index contributed by atoms with van der Waals surface area (Å²) in [6.07, 6.45) is 0. The van der Waals surface area contributed by atoms with Gasteiger partial charge in [0.2, 0.25) is 0 Å². The summed E-state index contributed by atoms with van der Waals surface area (Å²) in [6.45, 7) is 2.00. The number of sulfonamides is 1. The Balaban J connectivity index is 1.96. The van der Waals surface area contributed by atoms with E-state index in [9.17, 15) is 13.2 Å². The van der Waals surface area contributed by atoms with Gasteiger partial charge in [0.25, 0.3) is 15.9 Å². The fraction of sp³-hybridized carbons (Fsp3) is 0.105. The first-order valence-corrected chi connectivity index (χ1v) is 10.9. The van der Waals surface area contributed by atoms with Crippen molar-refractivity contribution in [2.45, 2.75) is 11.8 Å². The number of carbonyl (C=O) groups is 1. The molecule has 3 rings (SSSR count). The lowest BCUT2D eigenvalue weighted by atomic mass is 10.3. The lowest BCUT2D eigenvalue weighted by Crippen LogP contribution is -2.31. The first-order chi connectivity index (χ1) is 12.9. The summed E-state index contributed by atoms with van der Waals surface area (Å²) in [5.41, 5.74) is 0.907. The molecule has 3 aromatic rings. The molecule has 0 aliphatic rings. The van der Waals surface area contributed by atoms with Gasteiger partial charge in [-0.15, -0.1) is 11.3 Å². The third-order valence-electron chi connectivity index (χ3n) is 3.83. The van der Waals surface area contributed by atoms with Crippen LogP contribution in [0.5, 0.6) is 0 Å². The molecule has 0 saturated heterocycles. The molecule has 140 valence electrons. The molecule has 27 heavy (non-hydrogen) atoms. The molecule has 5 nitrogen and oxygen atoms in total. The van der Waals surface area contributed by atoms with Gasteiger partial charge in [0.1, 0.15) is 4.90 Å². The van der Waals surface area contributed by atoms with Crippen LogP contribution in [0.4, 0.5) is 11.4 Å². The topological polar surface area (TPSA) is 66.5 Å². The van der Waals surface area contributed by atoms with E-state index in [4.69, 9.17) is 11.6 Å². The van der Waals surface area contributed by atoms with E-state index in [0.717, 1.165) is 0 Å². The molecule has 0 unspecified atom stereocenters. The highest BCUT2D eigenvalue weighted by atomic mass is 35.5. The second kappa shape index (κ2) is 8.12. The Morgan fingerprint density at radius 2 is 1.85 bits per heavy atom. The first kappa shape index (κ1) is 19.4. The number of nitrogens with one attached hydrogen (secondary N) is 1. The SMILES string of the molecule is CCN(c1ccccc1)S(=O)(=O)c1cc(NC(=O)c2cccs2)ccc1Cl. The summed E-state index contributed by atoms with van der Waals surface area (Å²) in [5.74, 6) is -0.300. The molecule has 0 saturated carbocycles. The van der Waals surface area contributed by atoms with Crippen LogP contribution in [0, 0.1) is 0 Å². The molecule has 0 fully saturated rings. The van der Waals surface area contributed by atoms with Crippen LogP contribution < -0.4 is 9.62 Å². The Morgan fingerprint density at radius 1 is 1.11 bits per heavy atom. The predicted octanol–water partition coefficient (Wildman–Crippen LogP) is 4.87. The van der Waals surface area contributed by atoms with E-state index >= 15 is 0 Å². The van der Waals surface area contributed by atoms with Crippen molar-refractivity contribution in [1.29, 1.82) is 0 Å². The van der Waals surface area contributed by atoms with Crippen LogP contribution in [0.15, 0.2) is 70.9 Å². The number of anilines is 2. The largest absolute Gasteiger partial charge is 0.321 e. The molecular formula is C19H17ClN2O3S2. The van der Waals surface area contributed by atoms with Gasteiger partial charge in [0.05, 0.1) is 15.6 Å². The summed E-state index contributed by atoms with van der Waals surface area (Å²) in [6, 6.07) is 16.7.